The normalized spacial score (nSPS) is 12.0. The molecule has 0 atom stereocenters. The van der Waals surface area contributed by atoms with E-state index in [0.29, 0.717) is 35.3 Å². The van der Waals surface area contributed by atoms with E-state index in [-0.39, 0.29) is 12.7 Å². The molecule has 0 spiro atoms. The maximum absolute atomic E-state index is 12.2. The quantitative estimate of drug-likeness (QED) is 0.555. The van der Waals surface area contributed by atoms with Gasteiger partial charge in [0.15, 0.2) is 11.5 Å². The van der Waals surface area contributed by atoms with Crippen molar-refractivity contribution < 1.29 is 19.0 Å². The predicted octanol–water partition coefficient (Wildman–Crippen LogP) is 4.81. The molecule has 0 aliphatic carbocycles. The highest BCUT2D eigenvalue weighted by atomic mass is 32.2. The van der Waals surface area contributed by atoms with Gasteiger partial charge in [0, 0.05) is 28.5 Å². The summed E-state index contributed by atoms with van der Waals surface area (Å²) < 4.78 is 16.1. The molecular formula is C21H20N2O4S2. The summed E-state index contributed by atoms with van der Waals surface area (Å²) in [5.74, 6) is 3.18. The molecule has 2 aromatic carbocycles. The zero-order valence-corrected chi connectivity index (χ0v) is 17.5. The van der Waals surface area contributed by atoms with Gasteiger partial charge >= 0.3 is 0 Å². The van der Waals surface area contributed by atoms with Gasteiger partial charge in [0.25, 0.3) is 0 Å². The van der Waals surface area contributed by atoms with E-state index >= 15 is 0 Å². The van der Waals surface area contributed by atoms with Crippen molar-refractivity contribution in [3.8, 4) is 27.8 Å². The lowest BCUT2D eigenvalue weighted by Crippen LogP contribution is -2.14. The Kier molecular flexibility index (Phi) is 6.21. The second-order valence-corrected chi connectivity index (χ2v) is 8.05. The van der Waals surface area contributed by atoms with E-state index in [1.807, 2.05) is 36.6 Å². The Labute approximate surface area is 177 Å². The van der Waals surface area contributed by atoms with E-state index in [1.54, 1.807) is 29.5 Å². The summed E-state index contributed by atoms with van der Waals surface area (Å²) in [6.45, 7) is 2.84. The summed E-state index contributed by atoms with van der Waals surface area (Å²) in [7, 11) is 0. The van der Waals surface area contributed by atoms with Crippen LogP contribution in [0.25, 0.3) is 10.6 Å². The van der Waals surface area contributed by atoms with E-state index in [2.05, 4.69) is 10.3 Å². The summed E-state index contributed by atoms with van der Waals surface area (Å²) in [5, 5.41) is 5.88. The molecule has 1 aliphatic rings. The van der Waals surface area contributed by atoms with Crippen LogP contribution in [0.3, 0.4) is 0 Å². The molecule has 0 saturated carbocycles. The number of hydrogen-bond acceptors (Lipinski definition) is 7. The monoisotopic (exact) mass is 428 g/mol. The number of carbonyl (C=O) groups excluding carboxylic acids is 1. The molecule has 1 aromatic heterocycles. The minimum Gasteiger partial charge on any atom is -0.494 e. The second kappa shape index (κ2) is 9.19. The van der Waals surface area contributed by atoms with E-state index in [9.17, 15) is 4.79 Å². The topological polar surface area (TPSA) is 69.7 Å². The number of ether oxygens (including phenoxy) is 3. The first-order valence-electron chi connectivity index (χ1n) is 9.16. The van der Waals surface area contributed by atoms with Gasteiger partial charge in [-0.2, -0.15) is 0 Å². The largest absolute Gasteiger partial charge is 0.494 e. The number of thiazole rings is 1. The minimum atomic E-state index is -0.0594. The van der Waals surface area contributed by atoms with Crippen molar-refractivity contribution in [2.75, 3.05) is 24.5 Å². The molecule has 2 heterocycles. The summed E-state index contributed by atoms with van der Waals surface area (Å²) >= 11 is 3.14. The third-order valence-corrected chi connectivity index (χ3v) is 6.01. The van der Waals surface area contributed by atoms with Gasteiger partial charge in [0.05, 0.1) is 18.1 Å². The first-order valence-corrected chi connectivity index (χ1v) is 11.2. The molecule has 0 fully saturated rings. The summed E-state index contributed by atoms with van der Waals surface area (Å²) in [6.07, 6.45) is 0. The molecular weight excluding hydrogens is 408 g/mol. The maximum Gasteiger partial charge on any atom is 0.234 e. The number of amides is 1. The summed E-state index contributed by atoms with van der Waals surface area (Å²) in [6, 6.07) is 13.3. The molecule has 29 heavy (non-hydrogen) atoms. The molecule has 6 nitrogen and oxygen atoms in total. The predicted molar refractivity (Wildman–Crippen MR) is 116 cm³/mol. The average molecular weight is 429 g/mol. The SMILES string of the molecule is CCOc1ccc(-c2nc(CSCC(=O)Nc3ccc4c(c3)OCO4)cs2)cc1. The van der Waals surface area contributed by atoms with Gasteiger partial charge in [0.1, 0.15) is 10.8 Å². The Morgan fingerprint density at radius 3 is 2.86 bits per heavy atom. The number of thioether (sulfide) groups is 1. The van der Waals surface area contributed by atoms with Crippen LogP contribution in [0.1, 0.15) is 12.6 Å². The number of rotatable bonds is 8. The van der Waals surface area contributed by atoms with Gasteiger partial charge in [-0.25, -0.2) is 4.98 Å². The smallest absolute Gasteiger partial charge is 0.234 e. The maximum atomic E-state index is 12.2. The Morgan fingerprint density at radius 2 is 2.03 bits per heavy atom. The van der Waals surface area contributed by atoms with E-state index in [1.165, 1.54) is 11.8 Å². The zero-order chi connectivity index (χ0) is 20.1. The molecule has 0 radical (unpaired) electrons. The van der Waals surface area contributed by atoms with Crippen LogP contribution in [-0.4, -0.2) is 30.0 Å². The highest BCUT2D eigenvalue weighted by Crippen LogP contribution is 2.34. The molecule has 4 rings (SSSR count). The van der Waals surface area contributed by atoms with Crippen LogP contribution in [0.5, 0.6) is 17.2 Å². The molecule has 1 amide bonds. The van der Waals surface area contributed by atoms with Gasteiger partial charge < -0.3 is 19.5 Å². The lowest BCUT2D eigenvalue weighted by Gasteiger charge is -2.05. The van der Waals surface area contributed by atoms with Crippen LogP contribution in [-0.2, 0) is 10.5 Å². The van der Waals surface area contributed by atoms with Gasteiger partial charge in [-0.15, -0.1) is 23.1 Å². The summed E-state index contributed by atoms with van der Waals surface area (Å²) in [4.78, 5) is 16.9. The second-order valence-electron chi connectivity index (χ2n) is 6.21. The van der Waals surface area contributed by atoms with Gasteiger partial charge in [-0.1, -0.05) is 0 Å². The Bertz CT molecular complexity index is 989. The fourth-order valence-electron chi connectivity index (χ4n) is 2.79. The fourth-order valence-corrected chi connectivity index (χ4v) is 4.43. The molecule has 0 bridgehead atoms. The van der Waals surface area contributed by atoms with Crippen LogP contribution in [0.15, 0.2) is 47.8 Å². The van der Waals surface area contributed by atoms with Crippen LogP contribution in [0.2, 0.25) is 0 Å². The number of fused-ring (bicyclic) bond motifs is 1. The molecule has 0 saturated heterocycles. The Morgan fingerprint density at radius 1 is 1.21 bits per heavy atom. The van der Waals surface area contributed by atoms with Crippen molar-refractivity contribution in [2.45, 2.75) is 12.7 Å². The average Bonchev–Trinajstić information content (AvgIpc) is 3.38. The first-order chi connectivity index (χ1) is 14.2. The molecule has 8 heteroatoms. The van der Waals surface area contributed by atoms with Crippen molar-refractivity contribution in [3.05, 3.63) is 53.5 Å². The third kappa shape index (κ3) is 5.02. The van der Waals surface area contributed by atoms with Crippen LogP contribution in [0, 0.1) is 0 Å². The van der Waals surface area contributed by atoms with Crippen molar-refractivity contribution in [3.63, 3.8) is 0 Å². The third-order valence-electron chi connectivity index (χ3n) is 4.10. The highest BCUT2D eigenvalue weighted by Gasteiger charge is 2.14. The van der Waals surface area contributed by atoms with E-state index in [4.69, 9.17) is 14.2 Å². The highest BCUT2D eigenvalue weighted by molar-refractivity contribution is 7.99. The van der Waals surface area contributed by atoms with Gasteiger partial charge in [0.2, 0.25) is 12.7 Å². The summed E-state index contributed by atoms with van der Waals surface area (Å²) in [5.41, 5.74) is 2.74. The van der Waals surface area contributed by atoms with Crippen molar-refractivity contribution in [1.82, 2.24) is 4.98 Å². The fraction of sp³-hybridized carbons (Fsp3) is 0.238. The first kappa shape index (κ1) is 19.6. The number of hydrogen-bond donors (Lipinski definition) is 1. The molecule has 150 valence electrons. The standard InChI is InChI=1S/C21H20N2O4S2/c1-2-25-17-6-3-14(4-7-17)21-23-16(11-29-21)10-28-12-20(24)22-15-5-8-18-19(9-15)27-13-26-18/h3-9,11H,2,10,12-13H2,1H3,(H,22,24). The number of aromatic nitrogens is 1. The van der Waals surface area contributed by atoms with Gasteiger partial charge in [-0.3, -0.25) is 4.79 Å². The Hall–Kier alpha value is -2.71. The van der Waals surface area contributed by atoms with E-state index in [0.717, 1.165) is 22.0 Å². The van der Waals surface area contributed by atoms with Crippen molar-refractivity contribution in [2.24, 2.45) is 0 Å². The molecule has 1 N–H and O–H groups in total. The van der Waals surface area contributed by atoms with Gasteiger partial charge in [-0.05, 0) is 43.3 Å². The van der Waals surface area contributed by atoms with Crippen LogP contribution in [0.4, 0.5) is 5.69 Å². The Balaban J connectivity index is 1.26. The van der Waals surface area contributed by atoms with Crippen molar-refractivity contribution in [1.29, 1.82) is 0 Å². The lowest BCUT2D eigenvalue weighted by atomic mass is 10.2. The number of anilines is 1. The van der Waals surface area contributed by atoms with E-state index < -0.39 is 0 Å². The number of nitrogens with zero attached hydrogens (tertiary/aromatic N) is 1. The molecule has 3 aromatic rings. The van der Waals surface area contributed by atoms with Crippen LogP contribution >= 0.6 is 23.1 Å². The zero-order valence-electron chi connectivity index (χ0n) is 15.8. The lowest BCUT2D eigenvalue weighted by molar-refractivity contribution is -0.113. The minimum absolute atomic E-state index is 0.0594. The number of carbonyl (C=O) groups is 1. The van der Waals surface area contributed by atoms with Crippen LogP contribution < -0.4 is 19.5 Å². The number of benzene rings is 2. The van der Waals surface area contributed by atoms with Crippen molar-refractivity contribution >= 4 is 34.7 Å². The molecule has 0 unspecified atom stereocenters. The molecule has 1 aliphatic heterocycles. The number of nitrogens with one attached hydrogen (secondary N) is 1.